The third-order valence-electron chi connectivity index (χ3n) is 4.81. The van der Waals surface area contributed by atoms with Gasteiger partial charge < -0.3 is 14.6 Å². The summed E-state index contributed by atoms with van der Waals surface area (Å²) in [6.45, 7) is 0.0360. The maximum atomic E-state index is 12.9. The van der Waals surface area contributed by atoms with Gasteiger partial charge in [-0.3, -0.25) is 9.69 Å². The number of benzene rings is 2. The van der Waals surface area contributed by atoms with E-state index in [9.17, 15) is 14.7 Å². The zero-order chi connectivity index (χ0) is 19.1. The summed E-state index contributed by atoms with van der Waals surface area (Å²) in [5.74, 6) is -0.761. The van der Waals surface area contributed by atoms with Gasteiger partial charge in [0.05, 0.1) is 18.4 Å². The Labute approximate surface area is 160 Å². The van der Waals surface area contributed by atoms with Crippen molar-refractivity contribution in [2.45, 2.75) is 12.3 Å². The molecule has 0 fully saturated rings. The number of nitrogens with zero attached hydrogens (tertiary/aromatic N) is 1. The zero-order valence-corrected chi connectivity index (χ0v) is 15.2. The van der Waals surface area contributed by atoms with E-state index in [1.807, 2.05) is 0 Å². The summed E-state index contributed by atoms with van der Waals surface area (Å²) in [6, 6.07) is 11.7. The van der Waals surface area contributed by atoms with Gasteiger partial charge in [0.2, 0.25) is 5.91 Å². The van der Waals surface area contributed by atoms with Gasteiger partial charge in [-0.2, -0.15) is 0 Å². The van der Waals surface area contributed by atoms with Crippen molar-refractivity contribution in [1.29, 1.82) is 0 Å². The first-order valence-corrected chi connectivity index (χ1v) is 8.73. The number of ether oxygens (including phenoxy) is 2. The lowest BCUT2D eigenvalue weighted by Crippen LogP contribution is -2.37. The minimum atomic E-state index is -0.458. The highest BCUT2D eigenvalue weighted by atomic mass is 35.5. The highest BCUT2D eigenvalue weighted by molar-refractivity contribution is 6.30. The van der Waals surface area contributed by atoms with Gasteiger partial charge in [-0.15, -0.1) is 0 Å². The third kappa shape index (κ3) is 2.92. The summed E-state index contributed by atoms with van der Waals surface area (Å²) in [6.07, 6.45) is 0.102. The van der Waals surface area contributed by atoms with Crippen LogP contribution in [-0.4, -0.2) is 30.7 Å². The Morgan fingerprint density at radius 2 is 1.93 bits per heavy atom. The van der Waals surface area contributed by atoms with Gasteiger partial charge in [0.25, 0.3) is 0 Å². The second-order valence-electron chi connectivity index (χ2n) is 6.33. The third-order valence-corrected chi connectivity index (χ3v) is 5.06. The van der Waals surface area contributed by atoms with E-state index < -0.39 is 11.9 Å². The number of hydrogen-bond acceptors (Lipinski definition) is 5. The molecule has 1 unspecified atom stereocenters. The number of hydrogen-bond donors (Lipinski definition) is 1. The Bertz CT molecular complexity index is 967. The number of methoxy groups -OCH3 is 1. The fourth-order valence-corrected chi connectivity index (χ4v) is 3.67. The molecule has 0 bridgehead atoms. The lowest BCUT2D eigenvalue weighted by molar-refractivity contribution is -0.136. The van der Waals surface area contributed by atoms with Crippen molar-refractivity contribution >= 4 is 29.2 Å². The molecule has 0 aromatic heterocycles. The van der Waals surface area contributed by atoms with Crippen LogP contribution in [0.4, 0.5) is 5.69 Å². The highest BCUT2D eigenvalue weighted by Crippen LogP contribution is 2.43. The van der Waals surface area contributed by atoms with Crippen LogP contribution in [0.15, 0.2) is 53.7 Å². The minimum absolute atomic E-state index is 0.00521. The van der Waals surface area contributed by atoms with Crippen LogP contribution in [0.5, 0.6) is 11.5 Å². The van der Waals surface area contributed by atoms with Crippen LogP contribution in [0.2, 0.25) is 5.02 Å². The Hall–Kier alpha value is -2.99. The molecule has 7 heteroatoms. The number of rotatable bonds is 3. The molecule has 1 amide bonds. The Morgan fingerprint density at radius 3 is 2.63 bits per heavy atom. The number of amides is 1. The van der Waals surface area contributed by atoms with Crippen LogP contribution in [0.1, 0.15) is 17.9 Å². The molecule has 0 aliphatic carbocycles. The van der Waals surface area contributed by atoms with E-state index in [0.717, 1.165) is 0 Å². The second-order valence-corrected chi connectivity index (χ2v) is 6.77. The van der Waals surface area contributed by atoms with Crippen molar-refractivity contribution in [2.75, 3.05) is 18.6 Å². The smallest absolute Gasteiger partial charge is 0.336 e. The molecule has 2 heterocycles. The molecular formula is C20H16ClNO5. The van der Waals surface area contributed by atoms with E-state index in [4.69, 9.17) is 21.1 Å². The number of anilines is 1. The molecular weight excluding hydrogens is 370 g/mol. The van der Waals surface area contributed by atoms with Crippen LogP contribution in [0.25, 0.3) is 0 Å². The maximum absolute atomic E-state index is 12.9. The highest BCUT2D eigenvalue weighted by Gasteiger charge is 2.43. The quantitative estimate of drug-likeness (QED) is 0.819. The van der Waals surface area contributed by atoms with Crippen molar-refractivity contribution in [3.8, 4) is 11.5 Å². The summed E-state index contributed by atoms with van der Waals surface area (Å²) in [5, 5.41) is 10.4. The van der Waals surface area contributed by atoms with Crippen LogP contribution in [0.3, 0.4) is 0 Å². The summed E-state index contributed by atoms with van der Waals surface area (Å²) in [5.41, 5.74) is 2.34. The summed E-state index contributed by atoms with van der Waals surface area (Å²) in [7, 11) is 1.45. The van der Waals surface area contributed by atoms with E-state index in [-0.39, 0.29) is 30.4 Å². The average Bonchev–Trinajstić information content (AvgIpc) is 3.04. The summed E-state index contributed by atoms with van der Waals surface area (Å²) >= 11 is 5.94. The van der Waals surface area contributed by atoms with E-state index in [2.05, 4.69) is 0 Å². The van der Waals surface area contributed by atoms with Crippen molar-refractivity contribution in [3.05, 3.63) is 64.3 Å². The molecule has 2 aliphatic rings. The average molecular weight is 386 g/mol. The predicted molar refractivity (Wildman–Crippen MR) is 98.9 cm³/mol. The van der Waals surface area contributed by atoms with Crippen LogP contribution >= 0.6 is 11.6 Å². The lowest BCUT2D eigenvalue weighted by atomic mass is 9.84. The van der Waals surface area contributed by atoms with Crippen LogP contribution in [0, 0.1) is 0 Å². The Balaban J connectivity index is 1.81. The van der Waals surface area contributed by atoms with Gasteiger partial charge in [0.1, 0.15) is 6.61 Å². The number of esters is 1. The van der Waals surface area contributed by atoms with Gasteiger partial charge in [0, 0.05) is 23.0 Å². The molecule has 2 aliphatic heterocycles. The first-order chi connectivity index (χ1) is 13.0. The first kappa shape index (κ1) is 17.4. The van der Waals surface area contributed by atoms with Crippen molar-refractivity contribution in [3.63, 3.8) is 0 Å². The van der Waals surface area contributed by atoms with E-state index in [1.54, 1.807) is 36.4 Å². The first-order valence-electron chi connectivity index (χ1n) is 8.35. The predicted octanol–water partition coefficient (Wildman–Crippen LogP) is 3.39. The maximum Gasteiger partial charge on any atom is 0.336 e. The Morgan fingerprint density at radius 1 is 1.19 bits per heavy atom. The second kappa shape index (κ2) is 6.63. The van der Waals surface area contributed by atoms with E-state index in [1.165, 1.54) is 18.1 Å². The fraction of sp³-hybridized carbons (Fsp3) is 0.200. The largest absolute Gasteiger partial charge is 0.504 e. The molecule has 0 spiro atoms. The molecule has 2 aromatic carbocycles. The number of phenols is 1. The molecule has 0 radical (unpaired) electrons. The van der Waals surface area contributed by atoms with Crippen molar-refractivity contribution in [1.82, 2.24) is 0 Å². The molecule has 6 nitrogen and oxygen atoms in total. The topological polar surface area (TPSA) is 76.1 Å². The molecule has 0 saturated heterocycles. The number of aromatic hydroxyl groups is 1. The number of carbonyl (C=O) groups excluding carboxylic acids is 2. The van der Waals surface area contributed by atoms with E-state index in [0.29, 0.717) is 27.5 Å². The molecule has 0 saturated carbocycles. The lowest BCUT2D eigenvalue weighted by Gasteiger charge is -2.32. The number of phenolic OH excluding ortho intramolecular Hbond substituents is 1. The summed E-state index contributed by atoms with van der Waals surface area (Å²) in [4.78, 5) is 26.9. The number of halogens is 1. The normalized spacial score (nSPS) is 19.2. The molecule has 2 aromatic rings. The molecule has 1 N–H and O–H groups in total. The SMILES string of the molecule is COc1cc(C2CC(=O)N(c3ccc(Cl)cc3)C3=C2C(=O)OC3)ccc1O. The monoisotopic (exact) mass is 385 g/mol. The number of cyclic esters (lactones) is 1. The van der Waals surface area contributed by atoms with Crippen LogP contribution in [-0.2, 0) is 14.3 Å². The van der Waals surface area contributed by atoms with Gasteiger partial charge >= 0.3 is 5.97 Å². The van der Waals surface area contributed by atoms with E-state index >= 15 is 0 Å². The standard InChI is InChI=1S/C20H16ClNO5/c1-26-17-8-11(2-7-16(17)23)14-9-18(24)22(13-5-3-12(21)4-6-13)15-10-27-20(25)19(14)15/h2-8,14,23H,9-10H2,1H3. The molecule has 138 valence electrons. The number of carbonyl (C=O) groups is 2. The zero-order valence-electron chi connectivity index (χ0n) is 14.4. The van der Waals surface area contributed by atoms with Gasteiger partial charge in [-0.05, 0) is 42.0 Å². The van der Waals surface area contributed by atoms with Crippen LogP contribution < -0.4 is 9.64 Å². The Kier molecular flexibility index (Phi) is 4.28. The summed E-state index contributed by atoms with van der Waals surface area (Å²) < 4.78 is 10.4. The van der Waals surface area contributed by atoms with Gasteiger partial charge in [-0.1, -0.05) is 17.7 Å². The molecule has 4 rings (SSSR count). The van der Waals surface area contributed by atoms with Crippen molar-refractivity contribution in [2.24, 2.45) is 0 Å². The fourth-order valence-electron chi connectivity index (χ4n) is 3.54. The van der Waals surface area contributed by atoms with Crippen molar-refractivity contribution < 1.29 is 24.2 Å². The minimum Gasteiger partial charge on any atom is -0.504 e. The molecule has 1 atom stereocenters. The van der Waals surface area contributed by atoms with Gasteiger partial charge in [-0.25, -0.2) is 4.79 Å². The molecule has 27 heavy (non-hydrogen) atoms. The van der Waals surface area contributed by atoms with Gasteiger partial charge in [0.15, 0.2) is 11.5 Å².